The van der Waals surface area contributed by atoms with Gasteiger partial charge < -0.3 is 10.5 Å². The minimum absolute atomic E-state index is 0.233. The number of nitrogens with zero attached hydrogens (tertiary/aromatic N) is 1. The Morgan fingerprint density at radius 1 is 1.82 bits per heavy atom. The second-order valence-electron chi connectivity index (χ2n) is 1.86. The molecule has 0 saturated heterocycles. The Bertz CT molecular complexity index is 273. The van der Waals surface area contributed by atoms with Crippen LogP contribution < -0.4 is 10.5 Å². The predicted octanol–water partition coefficient (Wildman–Crippen LogP) is -0.0107. The molecular weight excluding hydrogens is 144 g/mol. The van der Waals surface area contributed by atoms with Crippen LogP contribution >= 0.6 is 0 Å². The quantitative estimate of drug-likeness (QED) is 0.646. The zero-order chi connectivity index (χ0) is 8.27. The van der Waals surface area contributed by atoms with E-state index in [0.717, 1.165) is 0 Å². The average Bonchev–Trinajstić information content (AvgIpc) is 2.04. The fourth-order valence-electron chi connectivity index (χ4n) is 0.687. The summed E-state index contributed by atoms with van der Waals surface area (Å²) in [6.45, 7) is 0. The Morgan fingerprint density at radius 3 is 3.00 bits per heavy atom. The van der Waals surface area contributed by atoms with Crippen LogP contribution in [0, 0.1) is 6.07 Å². The van der Waals surface area contributed by atoms with Gasteiger partial charge >= 0.3 is 0 Å². The van der Waals surface area contributed by atoms with Crippen molar-refractivity contribution in [3.8, 4) is 5.88 Å². The van der Waals surface area contributed by atoms with E-state index >= 15 is 0 Å². The molecule has 1 amide bonds. The van der Waals surface area contributed by atoms with E-state index in [4.69, 9.17) is 10.5 Å². The monoisotopic (exact) mass is 151 g/mol. The number of hydrogen-bond donors (Lipinski definition) is 1. The number of carbonyl (C=O) groups is 1. The van der Waals surface area contributed by atoms with Crippen LogP contribution in [0.5, 0.6) is 5.88 Å². The van der Waals surface area contributed by atoms with E-state index < -0.39 is 5.91 Å². The molecule has 4 heteroatoms. The number of carbonyl (C=O) groups excluding carboxylic acids is 1. The van der Waals surface area contributed by atoms with E-state index in [2.05, 4.69) is 11.1 Å². The minimum Gasteiger partial charge on any atom is -0.480 e. The summed E-state index contributed by atoms with van der Waals surface area (Å²) >= 11 is 0. The lowest BCUT2D eigenvalue weighted by Crippen LogP contribution is -2.12. The lowest BCUT2D eigenvalue weighted by atomic mass is 10.2. The number of aromatic nitrogens is 1. The highest BCUT2D eigenvalue weighted by atomic mass is 16.5. The summed E-state index contributed by atoms with van der Waals surface area (Å²) in [5, 5.41) is 0. The van der Waals surface area contributed by atoms with Crippen molar-refractivity contribution >= 4 is 5.91 Å². The molecule has 1 aromatic heterocycles. The number of nitrogens with two attached hydrogens (primary N) is 1. The Labute approximate surface area is 64.0 Å². The maximum absolute atomic E-state index is 10.7. The van der Waals surface area contributed by atoms with E-state index in [1.165, 1.54) is 19.4 Å². The van der Waals surface area contributed by atoms with Crippen LogP contribution in [0.1, 0.15) is 10.4 Å². The molecule has 0 bridgehead atoms. The van der Waals surface area contributed by atoms with Crippen molar-refractivity contribution in [2.45, 2.75) is 0 Å². The molecule has 0 unspecified atom stereocenters. The van der Waals surface area contributed by atoms with Crippen LogP contribution in [0.3, 0.4) is 0 Å². The van der Waals surface area contributed by atoms with Crippen LogP contribution in [-0.2, 0) is 0 Å². The fourth-order valence-corrected chi connectivity index (χ4v) is 0.687. The highest BCUT2D eigenvalue weighted by Crippen LogP contribution is 2.11. The first-order valence-electron chi connectivity index (χ1n) is 2.95. The number of rotatable bonds is 2. The molecule has 0 aliphatic rings. The van der Waals surface area contributed by atoms with Crippen LogP contribution in [0.15, 0.2) is 12.3 Å². The van der Waals surface area contributed by atoms with E-state index in [0.29, 0.717) is 0 Å². The van der Waals surface area contributed by atoms with Crippen molar-refractivity contribution in [1.82, 2.24) is 4.98 Å². The molecule has 11 heavy (non-hydrogen) atoms. The van der Waals surface area contributed by atoms with Crippen LogP contribution in [0.2, 0.25) is 0 Å². The first-order valence-corrected chi connectivity index (χ1v) is 2.95. The van der Waals surface area contributed by atoms with Gasteiger partial charge in [-0.2, -0.15) is 0 Å². The molecular formula is C7H7N2O2. The summed E-state index contributed by atoms with van der Waals surface area (Å²) in [5.74, 6) is -0.331. The second-order valence-corrected chi connectivity index (χ2v) is 1.86. The molecule has 1 rings (SSSR count). The SMILES string of the molecule is COc1nc[c]cc1C(N)=O. The van der Waals surface area contributed by atoms with Gasteiger partial charge in [-0.3, -0.25) is 4.79 Å². The summed E-state index contributed by atoms with van der Waals surface area (Å²) in [6.07, 6.45) is 1.41. The Balaban J connectivity index is 3.12. The Hall–Kier alpha value is -1.58. The molecule has 4 nitrogen and oxygen atoms in total. The smallest absolute Gasteiger partial charge is 0.254 e. The van der Waals surface area contributed by atoms with Crippen molar-refractivity contribution in [3.63, 3.8) is 0 Å². The van der Waals surface area contributed by atoms with E-state index in [1.54, 1.807) is 0 Å². The molecule has 0 aliphatic heterocycles. The number of methoxy groups -OCH3 is 1. The van der Waals surface area contributed by atoms with Gasteiger partial charge in [-0.1, -0.05) is 0 Å². The second kappa shape index (κ2) is 3.01. The maximum atomic E-state index is 10.7. The third kappa shape index (κ3) is 1.46. The van der Waals surface area contributed by atoms with Gasteiger partial charge in [-0.25, -0.2) is 4.98 Å². The average molecular weight is 151 g/mol. The molecule has 0 atom stereocenters. The van der Waals surface area contributed by atoms with E-state index in [9.17, 15) is 4.79 Å². The molecule has 0 fully saturated rings. The van der Waals surface area contributed by atoms with Crippen molar-refractivity contribution in [2.75, 3.05) is 7.11 Å². The summed E-state index contributed by atoms with van der Waals surface area (Å²) in [6, 6.07) is 4.06. The molecule has 1 radical (unpaired) electrons. The highest BCUT2D eigenvalue weighted by molar-refractivity contribution is 5.94. The van der Waals surface area contributed by atoms with Gasteiger partial charge in [0, 0.05) is 12.3 Å². The molecule has 0 spiro atoms. The van der Waals surface area contributed by atoms with Crippen molar-refractivity contribution in [3.05, 3.63) is 23.9 Å². The van der Waals surface area contributed by atoms with Gasteiger partial charge in [-0.15, -0.1) is 0 Å². The van der Waals surface area contributed by atoms with Gasteiger partial charge in [0.25, 0.3) is 5.91 Å². The fraction of sp³-hybridized carbons (Fsp3) is 0.143. The zero-order valence-corrected chi connectivity index (χ0v) is 6.00. The van der Waals surface area contributed by atoms with Crippen molar-refractivity contribution in [1.29, 1.82) is 0 Å². The first-order chi connectivity index (χ1) is 5.25. The molecule has 2 N–H and O–H groups in total. The lowest BCUT2D eigenvalue weighted by molar-refractivity contribution is 0.0996. The maximum Gasteiger partial charge on any atom is 0.254 e. The molecule has 0 saturated carbocycles. The third-order valence-corrected chi connectivity index (χ3v) is 1.17. The normalized spacial score (nSPS) is 9.18. The first kappa shape index (κ1) is 7.53. The third-order valence-electron chi connectivity index (χ3n) is 1.17. The van der Waals surface area contributed by atoms with Gasteiger partial charge in [0.1, 0.15) is 5.56 Å². The van der Waals surface area contributed by atoms with Gasteiger partial charge in [0.05, 0.1) is 7.11 Å². The highest BCUT2D eigenvalue weighted by Gasteiger charge is 2.07. The number of primary amides is 1. The van der Waals surface area contributed by atoms with Crippen molar-refractivity contribution in [2.24, 2.45) is 5.73 Å². The van der Waals surface area contributed by atoms with E-state index in [-0.39, 0.29) is 11.4 Å². The molecule has 1 heterocycles. The van der Waals surface area contributed by atoms with Crippen LogP contribution in [0.4, 0.5) is 0 Å². The zero-order valence-electron chi connectivity index (χ0n) is 6.00. The van der Waals surface area contributed by atoms with Crippen LogP contribution in [0.25, 0.3) is 0 Å². The van der Waals surface area contributed by atoms with Gasteiger partial charge in [-0.05, 0) is 6.07 Å². The van der Waals surface area contributed by atoms with Crippen molar-refractivity contribution < 1.29 is 9.53 Å². The Morgan fingerprint density at radius 2 is 2.55 bits per heavy atom. The predicted molar refractivity (Wildman–Crippen MR) is 38.1 cm³/mol. The number of pyridine rings is 1. The molecule has 1 aromatic rings. The molecule has 0 aliphatic carbocycles. The number of ether oxygens (including phenoxy) is 1. The number of hydrogen-bond acceptors (Lipinski definition) is 3. The number of amides is 1. The van der Waals surface area contributed by atoms with Gasteiger partial charge in [0.15, 0.2) is 0 Å². The largest absolute Gasteiger partial charge is 0.480 e. The van der Waals surface area contributed by atoms with E-state index in [1.807, 2.05) is 0 Å². The standard InChI is InChI=1S/C7H7N2O2/c1-11-7-5(6(8)10)3-2-4-9-7/h3-4H,1H3,(H2,8,10). The molecule has 57 valence electrons. The summed E-state index contributed by atoms with van der Waals surface area (Å²) in [5.41, 5.74) is 5.26. The topological polar surface area (TPSA) is 65.2 Å². The summed E-state index contributed by atoms with van der Waals surface area (Å²) in [4.78, 5) is 14.4. The minimum atomic E-state index is -0.564. The summed E-state index contributed by atoms with van der Waals surface area (Å²) in [7, 11) is 1.43. The van der Waals surface area contributed by atoms with Gasteiger partial charge in [0.2, 0.25) is 5.88 Å². The lowest BCUT2D eigenvalue weighted by Gasteiger charge is -2.00. The summed E-state index contributed by atoms with van der Waals surface area (Å²) < 4.78 is 4.77. The molecule has 0 aromatic carbocycles. The van der Waals surface area contributed by atoms with Crippen LogP contribution in [-0.4, -0.2) is 18.0 Å². The Kier molecular flexibility index (Phi) is 2.06.